The summed E-state index contributed by atoms with van der Waals surface area (Å²) in [6.07, 6.45) is 5.47. The van der Waals surface area contributed by atoms with Crippen LogP contribution in [-0.2, 0) is 4.74 Å². The van der Waals surface area contributed by atoms with E-state index in [1.807, 2.05) is 33.0 Å². The molecule has 0 aliphatic heterocycles. The van der Waals surface area contributed by atoms with E-state index in [0.717, 1.165) is 17.7 Å². The summed E-state index contributed by atoms with van der Waals surface area (Å²) in [6, 6.07) is 4.10. The topological polar surface area (TPSA) is 51.2 Å². The van der Waals surface area contributed by atoms with Crippen molar-refractivity contribution in [1.82, 2.24) is 10.3 Å². The summed E-state index contributed by atoms with van der Waals surface area (Å²) in [7, 11) is 0. The Morgan fingerprint density at radius 1 is 1.45 bits per heavy atom. The largest absolute Gasteiger partial charge is 0.444 e. The van der Waals surface area contributed by atoms with E-state index in [0.29, 0.717) is 0 Å². The molecule has 0 bridgehead atoms. The van der Waals surface area contributed by atoms with Crippen LogP contribution in [0.5, 0.6) is 0 Å². The lowest BCUT2D eigenvalue weighted by atomic mass is 10.1. The zero-order valence-electron chi connectivity index (χ0n) is 13.1. The highest BCUT2D eigenvalue weighted by molar-refractivity contribution is 7.17. The number of hydrogen-bond acceptors (Lipinski definition) is 4. The van der Waals surface area contributed by atoms with E-state index in [9.17, 15) is 4.79 Å². The average molecular weight is 316 g/mol. The Labute approximate surface area is 134 Å². The third-order valence-electron chi connectivity index (χ3n) is 3.52. The number of pyridine rings is 1. The van der Waals surface area contributed by atoms with E-state index in [2.05, 4.69) is 27.8 Å². The standard InChI is InChI=1S/C17H20N2O2S/c1-17(2,3)21-16(20)19-12-7-6-11(9-12)14-10-22-15-13(14)5-4-8-18-15/h4-5,8-10,12H,6-7H2,1-3H3,(H,19,20). The van der Waals surface area contributed by atoms with Crippen LogP contribution in [0.3, 0.4) is 0 Å². The monoisotopic (exact) mass is 316 g/mol. The molecule has 0 aromatic carbocycles. The van der Waals surface area contributed by atoms with Gasteiger partial charge in [0.2, 0.25) is 0 Å². The number of nitrogens with zero attached hydrogens (tertiary/aromatic N) is 1. The normalized spacial score (nSPS) is 18.3. The molecule has 4 nitrogen and oxygen atoms in total. The zero-order valence-corrected chi connectivity index (χ0v) is 13.9. The van der Waals surface area contributed by atoms with E-state index in [1.165, 1.54) is 16.5 Å². The highest BCUT2D eigenvalue weighted by Gasteiger charge is 2.23. The smallest absolute Gasteiger partial charge is 0.408 e. The van der Waals surface area contributed by atoms with E-state index in [1.54, 1.807) is 11.3 Å². The fraction of sp³-hybridized carbons (Fsp3) is 0.412. The summed E-state index contributed by atoms with van der Waals surface area (Å²) in [6.45, 7) is 5.60. The molecule has 2 heterocycles. The van der Waals surface area contributed by atoms with Crippen LogP contribution in [0, 0.1) is 0 Å². The Balaban J connectivity index is 1.73. The second-order valence-corrected chi connectivity index (χ2v) is 7.35. The molecule has 0 saturated heterocycles. The second-order valence-electron chi connectivity index (χ2n) is 6.49. The lowest BCUT2D eigenvalue weighted by Gasteiger charge is -2.21. The molecule has 0 radical (unpaired) electrons. The molecule has 2 aromatic heterocycles. The minimum Gasteiger partial charge on any atom is -0.444 e. The van der Waals surface area contributed by atoms with Crippen molar-refractivity contribution in [3.63, 3.8) is 0 Å². The molecule has 5 heteroatoms. The summed E-state index contributed by atoms with van der Waals surface area (Å²) in [5, 5.41) is 6.27. The first-order chi connectivity index (χ1) is 10.4. The summed E-state index contributed by atoms with van der Waals surface area (Å²) >= 11 is 1.66. The van der Waals surface area contributed by atoms with Crippen LogP contribution in [-0.4, -0.2) is 22.7 Å². The van der Waals surface area contributed by atoms with Gasteiger partial charge in [0.1, 0.15) is 10.4 Å². The van der Waals surface area contributed by atoms with Crippen LogP contribution in [0.25, 0.3) is 15.8 Å². The average Bonchev–Trinajstić information content (AvgIpc) is 3.02. The quantitative estimate of drug-likeness (QED) is 0.895. The number of carbonyl (C=O) groups is 1. The second kappa shape index (κ2) is 5.72. The van der Waals surface area contributed by atoms with Gasteiger partial charge in [-0.3, -0.25) is 0 Å². The number of ether oxygens (including phenoxy) is 1. The molecule has 1 atom stereocenters. The van der Waals surface area contributed by atoms with Crippen molar-refractivity contribution in [3.8, 4) is 0 Å². The van der Waals surface area contributed by atoms with E-state index < -0.39 is 5.60 Å². The predicted molar refractivity (Wildman–Crippen MR) is 90.0 cm³/mol. The molecule has 1 aliphatic rings. The van der Waals surface area contributed by atoms with E-state index in [4.69, 9.17) is 4.74 Å². The summed E-state index contributed by atoms with van der Waals surface area (Å²) in [5.74, 6) is 0. The Hall–Kier alpha value is -1.88. The maximum absolute atomic E-state index is 11.8. The third-order valence-corrected chi connectivity index (χ3v) is 4.43. The number of thiophene rings is 1. The fourth-order valence-electron chi connectivity index (χ4n) is 2.63. The minimum atomic E-state index is -0.468. The van der Waals surface area contributed by atoms with Gasteiger partial charge < -0.3 is 10.1 Å². The van der Waals surface area contributed by atoms with Crippen molar-refractivity contribution < 1.29 is 9.53 Å². The maximum Gasteiger partial charge on any atom is 0.408 e. The molecule has 116 valence electrons. The first-order valence-corrected chi connectivity index (χ1v) is 8.33. The van der Waals surface area contributed by atoms with Crippen molar-refractivity contribution >= 4 is 33.2 Å². The molecule has 1 amide bonds. The molecular formula is C17H20N2O2S. The van der Waals surface area contributed by atoms with Gasteiger partial charge >= 0.3 is 6.09 Å². The molecule has 0 spiro atoms. The Morgan fingerprint density at radius 2 is 2.27 bits per heavy atom. The van der Waals surface area contributed by atoms with Crippen LogP contribution >= 0.6 is 11.3 Å². The number of rotatable bonds is 2. The summed E-state index contributed by atoms with van der Waals surface area (Å²) < 4.78 is 5.31. The SMILES string of the molecule is CC(C)(C)OC(=O)NC1C=C(c2csc3ncccc23)CC1. The lowest BCUT2D eigenvalue weighted by Crippen LogP contribution is -2.37. The Bertz CT molecular complexity index is 728. The van der Waals surface area contributed by atoms with Crippen molar-refractivity contribution in [2.75, 3.05) is 0 Å². The van der Waals surface area contributed by atoms with Gasteiger partial charge in [0.25, 0.3) is 0 Å². The van der Waals surface area contributed by atoms with Gasteiger partial charge in [0, 0.05) is 17.0 Å². The van der Waals surface area contributed by atoms with Gasteiger partial charge in [-0.25, -0.2) is 9.78 Å². The predicted octanol–water partition coefficient (Wildman–Crippen LogP) is 4.37. The van der Waals surface area contributed by atoms with Crippen molar-refractivity contribution in [2.45, 2.75) is 45.3 Å². The number of carbonyl (C=O) groups excluding carboxylic acids is 1. The van der Waals surface area contributed by atoms with Crippen LogP contribution in [0.4, 0.5) is 4.79 Å². The van der Waals surface area contributed by atoms with Gasteiger partial charge in [-0.1, -0.05) is 6.08 Å². The minimum absolute atomic E-state index is 0.0384. The number of fused-ring (bicyclic) bond motifs is 1. The van der Waals surface area contributed by atoms with Crippen LogP contribution < -0.4 is 5.32 Å². The first-order valence-electron chi connectivity index (χ1n) is 7.45. The maximum atomic E-state index is 11.8. The van der Waals surface area contributed by atoms with E-state index in [-0.39, 0.29) is 12.1 Å². The number of alkyl carbamates (subject to hydrolysis) is 1. The van der Waals surface area contributed by atoms with Crippen molar-refractivity contribution in [3.05, 3.63) is 35.3 Å². The van der Waals surface area contributed by atoms with Crippen LogP contribution in [0.2, 0.25) is 0 Å². The number of hydrogen-bond donors (Lipinski definition) is 1. The van der Waals surface area contributed by atoms with Gasteiger partial charge in [-0.2, -0.15) is 0 Å². The number of nitrogens with one attached hydrogen (secondary N) is 1. The van der Waals surface area contributed by atoms with Gasteiger partial charge in [0.15, 0.2) is 0 Å². The van der Waals surface area contributed by atoms with Gasteiger partial charge in [-0.15, -0.1) is 11.3 Å². The molecule has 1 N–H and O–H groups in total. The number of aromatic nitrogens is 1. The van der Waals surface area contributed by atoms with Gasteiger partial charge in [-0.05, 0) is 56.9 Å². The molecular weight excluding hydrogens is 296 g/mol. The third kappa shape index (κ3) is 3.30. The molecule has 3 rings (SSSR count). The van der Waals surface area contributed by atoms with Crippen LogP contribution in [0.1, 0.15) is 39.2 Å². The number of allylic oxidation sites excluding steroid dienone is 1. The number of amides is 1. The molecule has 22 heavy (non-hydrogen) atoms. The fourth-order valence-corrected chi connectivity index (χ4v) is 3.57. The molecule has 1 unspecified atom stereocenters. The van der Waals surface area contributed by atoms with Crippen LogP contribution in [0.15, 0.2) is 29.8 Å². The zero-order chi connectivity index (χ0) is 15.7. The summed E-state index contributed by atoms with van der Waals surface area (Å²) in [5.41, 5.74) is 2.05. The first kappa shape index (κ1) is 15.0. The molecule has 2 aromatic rings. The highest BCUT2D eigenvalue weighted by Crippen LogP contribution is 2.35. The highest BCUT2D eigenvalue weighted by atomic mass is 32.1. The summed E-state index contributed by atoms with van der Waals surface area (Å²) in [4.78, 5) is 17.3. The van der Waals surface area contributed by atoms with Crippen molar-refractivity contribution in [2.24, 2.45) is 0 Å². The lowest BCUT2D eigenvalue weighted by molar-refractivity contribution is 0.0514. The molecule has 1 aliphatic carbocycles. The molecule has 0 saturated carbocycles. The van der Waals surface area contributed by atoms with Gasteiger partial charge in [0.05, 0.1) is 6.04 Å². The van der Waals surface area contributed by atoms with Crippen molar-refractivity contribution in [1.29, 1.82) is 0 Å². The molecule has 0 fully saturated rings. The Morgan fingerprint density at radius 3 is 3.05 bits per heavy atom. The Kier molecular flexibility index (Phi) is 3.91. The van der Waals surface area contributed by atoms with E-state index >= 15 is 0 Å².